The van der Waals surface area contributed by atoms with Crippen molar-refractivity contribution in [3.63, 3.8) is 0 Å². The van der Waals surface area contributed by atoms with Gasteiger partial charge in [-0.3, -0.25) is 0 Å². The van der Waals surface area contributed by atoms with Crippen LogP contribution in [0.1, 0.15) is 38.8 Å². The van der Waals surface area contributed by atoms with Crippen LogP contribution >= 0.6 is 0 Å². The largest absolute Gasteiger partial charge is 0.497 e. The van der Waals surface area contributed by atoms with Crippen molar-refractivity contribution < 1.29 is 18.8 Å². The number of hydrogen-bond acceptors (Lipinski definition) is 4. The van der Waals surface area contributed by atoms with Gasteiger partial charge in [-0.15, -0.1) is 0 Å². The van der Waals surface area contributed by atoms with E-state index < -0.39 is 7.12 Å². The molecule has 1 saturated heterocycles. The van der Waals surface area contributed by atoms with Crippen LogP contribution in [0.3, 0.4) is 0 Å². The Morgan fingerprint density at radius 2 is 1.56 bits per heavy atom. The van der Waals surface area contributed by atoms with Crippen molar-refractivity contribution in [2.45, 2.75) is 45.5 Å². The molecule has 0 atom stereocenters. The fourth-order valence-corrected chi connectivity index (χ4v) is 2.89. The van der Waals surface area contributed by atoms with Gasteiger partial charge < -0.3 is 18.8 Å². The molecule has 0 spiro atoms. The lowest BCUT2D eigenvalue weighted by Gasteiger charge is -2.32. The molecule has 0 aliphatic carbocycles. The maximum Gasteiger partial charge on any atom is 0.495 e. The van der Waals surface area contributed by atoms with Gasteiger partial charge in [0, 0.05) is 0 Å². The third kappa shape index (κ3) is 4.04. The molecular weight excluding hydrogens is 339 g/mol. The Morgan fingerprint density at radius 3 is 2.11 bits per heavy atom. The molecule has 0 aromatic heterocycles. The van der Waals surface area contributed by atoms with Gasteiger partial charge in [0.1, 0.15) is 18.1 Å². The zero-order valence-electron chi connectivity index (χ0n) is 16.7. The fraction of sp³-hybridized carbons (Fsp3) is 0.364. The number of benzene rings is 2. The van der Waals surface area contributed by atoms with E-state index in [-0.39, 0.29) is 11.2 Å². The third-order valence-electron chi connectivity index (χ3n) is 5.35. The summed E-state index contributed by atoms with van der Waals surface area (Å²) in [6.07, 6.45) is 1.81. The number of rotatable bonds is 6. The van der Waals surface area contributed by atoms with Crippen molar-refractivity contribution in [2.24, 2.45) is 0 Å². The Hall–Kier alpha value is -2.24. The molecule has 3 rings (SSSR count). The van der Waals surface area contributed by atoms with Gasteiger partial charge in [-0.2, -0.15) is 0 Å². The predicted molar refractivity (Wildman–Crippen MR) is 110 cm³/mol. The lowest BCUT2D eigenvalue weighted by Crippen LogP contribution is -2.41. The Bertz CT molecular complexity index is 796. The van der Waals surface area contributed by atoms with Gasteiger partial charge in [0.2, 0.25) is 0 Å². The van der Waals surface area contributed by atoms with Crippen molar-refractivity contribution in [3.8, 4) is 11.5 Å². The summed E-state index contributed by atoms with van der Waals surface area (Å²) in [5.41, 5.74) is 2.23. The molecule has 1 aliphatic heterocycles. The first-order valence-electron chi connectivity index (χ1n) is 9.13. The molecule has 0 unspecified atom stereocenters. The normalized spacial score (nSPS) is 17.6. The summed E-state index contributed by atoms with van der Waals surface area (Å²) in [4.78, 5) is 0. The molecule has 0 saturated carbocycles. The summed E-state index contributed by atoms with van der Waals surface area (Å²) < 4.78 is 23.4. The smallest absolute Gasteiger partial charge is 0.495 e. The quantitative estimate of drug-likeness (QED) is 0.718. The summed E-state index contributed by atoms with van der Waals surface area (Å²) in [5.74, 6) is 1.61. The molecule has 142 valence electrons. The highest BCUT2D eigenvalue weighted by atomic mass is 16.7. The molecule has 1 aliphatic rings. The van der Waals surface area contributed by atoms with Gasteiger partial charge >= 0.3 is 7.12 Å². The topological polar surface area (TPSA) is 36.9 Å². The van der Waals surface area contributed by atoms with Crippen molar-refractivity contribution in [2.75, 3.05) is 7.11 Å². The zero-order chi connectivity index (χ0) is 19.7. The second kappa shape index (κ2) is 7.41. The lowest BCUT2D eigenvalue weighted by molar-refractivity contribution is 0.00578. The van der Waals surface area contributed by atoms with Crippen molar-refractivity contribution in [1.82, 2.24) is 0 Å². The second-order valence-corrected chi connectivity index (χ2v) is 7.72. The van der Waals surface area contributed by atoms with E-state index in [1.54, 1.807) is 13.2 Å². The highest BCUT2D eigenvalue weighted by Crippen LogP contribution is 2.37. The first-order chi connectivity index (χ1) is 12.8. The minimum Gasteiger partial charge on any atom is -0.497 e. The molecule has 0 N–H and O–H groups in total. The molecule has 1 heterocycles. The average Bonchev–Trinajstić information content (AvgIpc) is 2.87. The van der Waals surface area contributed by atoms with Crippen molar-refractivity contribution >= 4 is 18.7 Å². The summed E-state index contributed by atoms with van der Waals surface area (Å²) in [5, 5.41) is 0. The molecule has 1 fully saturated rings. The number of hydrogen-bond donors (Lipinski definition) is 0. The minimum atomic E-state index is -0.418. The van der Waals surface area contributed by atoms with Gasteiger partial charge in [0.15, 0.2) is 0 Å². The summed E-state index contributed by atoms with van der Waals surface area (Å²) >= 11 is 0. The molecule has 27 heavy (non-hydrogen) atoms. The first kappa shape index (κ1) is 19.5. The molecule has 4 nitrogen and oxygen atoms in total. The minimum absolute atomic E-state index is 0.375. The Morgan fingerprint density at radius 1 is 0.963 bits per heavy atom. The molecular formula is C22H27BO4. The maximum absolute atomic E-state index is 6.16. The summed E-state index contributed by atoms with van der Waals surface area (Å²) in [6.45, 7) is 12.6. The Kier molecular flexibility index (Phi) is 5.36. The van der Waals surface area contributed by atoms with E-state index >= 15 is 0 Å². The van der Waals surface area contributed by atoms with E-state index in [1.807, 2.05) is 70.2 Å². The molecule has 0 radical (unpaired) electrons. The Labute approximate surface area is 162 Å². The molecule has 5 heteroatoms. The van der Waals surface area contributed by atoms with Gasteiger partial charge in [-0.1, -0.05) is 30.9 Å². The van der Waals surface area contributed by atoms with Crippen LogP contribution in [-0.2, 0) is 15.9 Å². The van der Waals surface area contributed by atoms with Crippen molar-refractivity contribution in [3.05, 3.63) is 60.2 Å². The van der Waals surface area contributed by atoms with Crippen LogP contribution in [-0.4, -0.2) is 25.4 Å². The van der Waals surface area contributed by atoms with E-state index in [0.29, 0.717) is 6.61 Å². The molecule has 0 amide bonds. The van der Waals surface area contributed by atoms with E-state index in [0.717, 1.165) is 28.1 Å². The van der Waals surface area contributed by atoms with E-state index in [2.05, 4.69) is 6.58 Å². The van der Waals surface area contributed by atoms with Crippen LogP contribution in [0.5, 0.6) is 11.5 Å². The highest BCUT2D eigenvalue weighted by Gasteiger charge is 2.52. The second-order valence-electron chi connectivity index (χ2n) is 7.72. The van der Waals surface area contributed by atoms with Gasteiger partial charge in [0.25, 0.3) is 0 Å². The van der Waals surface area contributed by atoms with Gasteiger partial charge in [0.05, 0.1) is 18.3 Å². The van der Waals surface area contributed by atoms with Crippen LogP contribution in [0.2, 0.25) is 0 Å². The fourth-order valence-electron chi connectivity index (χ4n) is 2.89. The SMILES string of the molecule is C=Cc1cc(OCc2ccc(OC)cc2)ccc1B1OC(C)(C)C(C)(C)O1. The predicted octanol–water partition coefficient (Wildman–Crippen LogP) is 4.22. The van der Waals surface area contributed by atoms with Crippen LogP contribution in [0, 0.1) is 0 Å². The van der Waals surface area contributed by atoms with Gasteiger partial charge in [-0.05, 0) is 68.6 Å². The lowest BCUT2D eigenvalue weighted by atomic mass is 9.76. The Balaban J connectivity index is 1.73. The first-order valence-corrected chi connectivity index (χ1v) is 9.13. The standard InChI is InChI=1S/C22H27BO4/c1-7-17-14-19(25-15-16-8-10-18(24-6)11-9-16)12-13-20(17)23-26-21(2,3)22(4,5)27-23/h7-14H,1,15H2,2-6H3. The molecule has 2 aromatic carbocycles. The highest BCUT2D eigenvalue weighted by molar-refractivity contribution is 6.63. The van der Waals surface area contributed by atoms with Crippen LogP contribution < -0.4 is 14.9 Å². The summed E-state index contributed by atoms with van der Waals surface area (Å²) in [6, 6.07) is 13.7. The average molecular weight is 366 g/mol. The van der Waals surface area contributed by atoms with Crippen LogP contribution in [0.4, 0.5) is 0 Å². The monoisotopic (exact) mass is 366 g/mol. The van der Waals surface area contributed by atoms with Crippen LogP contribution in [0.15, 0.2) is 49.0 Å². The van der Waals surface area contributed by atoms with Crippen LogP contribution in [0.25, 0.3) is 6.08 Å². The molecule has 2 aromatic rings. The number of ether oxygens (including phenoxy) is 2. The molecule has 0 bridgehead atoms. The van der Waals surface area contributed by atoms with E-state index in [9.17, 15) is 0 Å². The number of methoxy groups -OCH3 is 1. The van der Waals surface area contributed by atoms with Gasteiger partial charge in [-0.25, -0.2) is 0 Å². The van der Waals surface area contributed by atoms with E-state index in [1.165, 1.54) is 0 Å². The third-order valence-corrected chi connectivity index (χ3v) is 5.35. The van der Waals surface area contributed by atoms with Crippen molar-refractivity contribution in [1.29, 1.82) is 0 Å². The maximum atomic E-state index is 6.16. The summed E-state index contributed by atoms with van der Waals surface area (Å²) in [7, 11) is 1.24. The zero-order valence-corrected chi connectivity index (χ0v) is 16.7. The van der Waals surface area contributed by atoms with E-state index in [4.69, 9.17) is 18.8 Å².